The Hall–Kier alpha value is -0.130. The van der Waals surface area contributed by atoms with Crippen LogP contribution in [0.15, 0.2) is 0 Å². The van der Waals surface area contributed by atoms with Crippen molar-refractivity contribution in [3.8, 4) is 0 Å². The molecule has 1 heterocycles. The number of thioether (sulfide) groups is 1. The smallest absolute Gasteiger partial charge is 0.131 e. The van der Waals surface area contributed by atoms with Gasteiger partial charge >= 0.3 is 0 Å². The summed E-state index contributed by atoms with van der Waals surface area (Å²) >= 11 is 3.34. The van der Waals surface area contributed by atoms with Gasteiger partial charge in [-0.05, 0) is 6.26 Å². The van der Waals surface area contributed by atoms with Crippen LogP contribution in [0.5, 0.6) is 0 Å². The van der Waals surface area contributed by atoms with Crippen LogP contribution in [0, 0.1) is 0 Å². The highest BCUT2D eigenvalue weighted by molar-refractivity contribution is 7.97. The maximum Gasteiger partial charge on any atom is 0.131 e. The molecule has 0 spiro atoms. The number of rotatable bonds is 3. The molecular formula is C5H9N3S2. The Morgan fingerprint density at radius 3 is 2.70 bits per heavy atom. The SMILES string of the molecule is CSCc1nnc(CN)s1. The zero-order valence-corrected chi connectivity index (χ0v) is 7.34. The second-order valence-corrected chi connectivity index (χ2v) is 3.74. The van der Waals surface area contributed by atoms with E-state index in [0.29, 0.717) is 6.54 Å². The van der Waals surface area contributed by atoms with E-state index in [9.17, 15) is 0 Å². The van der Waals surface area contributed by atoms with Crippen molar-refractivity contribution in [1.29, 1.82) is 0 Å². The van der Waals surface area contributed by atoms with Gasteiger partial charge in [0.1, 0.15) is 10.0 Å². The zero-order chi connectivity index (χ0) is 7.40. The third kappa shape index (κ3) is 1.93. The highest BCUT2D eigenvalue weighted by Gasteiger charge is 1.99. The van der Waals surface area contributed by atoms with E-state index >= 15 is 0 Å². The quantitative estimate of drug-likeness (QED) is 0.740. The minimum Gasteiger partial charge on any atom is -0.324 e. The van der Waals surface area contributed by atoms with Crippen LogP contribution < -0.4 is 5.73 Å². The molecular weight excluding hydrogens is 166 g/mol. The van der Waals surface area contributed by atoms with Crippen molar-refractivity contribution in [2.75, 3.05) is 6.26 Å². The van der Waals surface area contributed by atoms with E-state index in [1.54, 1.807) is 23.1 Å². The molecule has 0 saturated heterocycles. The maximum absolute atomic E-state index is 5.36. The number of nitrogens with zero attached hydrogens (tertiary/aromatic N) is 2. The molecule has 0 radical (unpaired) electrons. The van der Waals surface area contributed by atoms with Crippen molar-refractivity contribution in [3.05, 3.63) is 10.0 Å². The maximum atomic E-state index is 5.36. The van der Waals surface area contributed by atoms with Crippen LogP contribution >= 0.6 is 23.1 Å². The molecule has 2 N–H and O–H groups in total. The molecule has 0 unspecified atom stereocenters. The number of nitrogens with two attached hydrogens (primary N) is 1. The fraction of sp³-hybridized carbons (Fsp3) is 0.600. The summed E-state index contributed by atoms with van der Waals surface area (Å²) in [4.78, 5) is 0. The molecule has 0 aliphatic carbocycles. The van der Waals surface area contributed by atoms with Gasteiger partial charge in [-0.15, -0.1) is 10.2 Å². The van der Waals surface area contributed by atoms with E-state index in [4.69, 9.17) is 5.73 Å². The van der Waals surface area contributed by atoms with Gasteiger partial charge in [-0.3, -0.25) is 0 Å². The molecule has 0 aliphatic heterocycles. The molecule has 0 amide bonds. The van der Waals surface area contributed by atoms with Gasteiger partial charge in [0, 0.05) is 12.3 Å². The first-order valence-corrected chi connectivity index (χ1v) is 5.08. The molecule has 0 bridgehead atoms. The largest absolute Gasteiger partial charge is 0.324 e. The van der Waals surface area contributed by atoms with Crippen molar-refractivity contribution in [1.82, 2.24) is 10.2 Å². The minimum atomic E-state index is 0.506. The van der Waals surface area contributed by atoms with Crippen LogP contribution in [0.2, 0.25) is 0 Å². The molecule has 5 heteroatoms. The monoisotopic (exact) mass is 175 g/mol. The van der Waals surface area contributed by atoms with Gasteiger partial charge < -0.3 is 5.73 Å². The predicted molar refractivity (Wildman–Crippen MR) is 45.0 cm³/mol. The summed E-state index contributed by atoms with van der Waals surface area (Å²) in [5.74, 6) is 0.942. The molecule has 1 rings (SSSR count). The lowest BCUT2D eigenvalue weighted by Gasteiger charge is -1.84. The van der Waals surface area contributed by atoms with Crippen molar-refractivity contribution in [3.63, 3.8) is 0 Å². The van der Waals surface area contributed by atoms with E-state index in [-0.39, 0.29) is 0 Å². The predicted octanol–water partition coefficient (Wildman–Crippen LogP) is 0.860. The lowest BCUT2D eigenvalue weighted by molar-refractivity contribution is 0.942. The molecule has 56 valence electrons. The Balaban J connectivity index is 2.59. The summed E-state index contributed by atoms with van der Waals surface area (Å²) in [5.41, 5.74) is 5.36. The van der Waals surface area contributed by atoms with Gasteiger partial charge in [0.2, 0.25) is 0 Å². The molecule has 0 atom stereocenters. The molecule has 1 aromatic heterocycles. The van der Waals surface area contributed by atoms with Gasteiger partial charge in [0.25, 0.3) is 0 Å². The van der Waals surface area contributed by atoms with Crippen LogP contribution in [0.1, 0.15) is 10.0 Å². The van der Waals surface area contributed by atoms with E-state index in [1.807, 2.05) is 6.26 Å². The van der Waals surface area contributed by atoms with Crippen molar-refractivity contribution < 1.29 is 0 Å². The summed E-state index contributed by atoms with van der Waals surface area (Å²) in [6.45, 7) is 0.506. The van der Waals surface area contributed by atoms with Gasteiger partial charge in [-0.2, -0.15) is 11.8 Å². The van der Waals surface area contributed by atoms with Crippen LogP contribution in [0.4, 0.5) is 0 Å². The number of hydrogen-bond donors (Lipinski definition) is 1. The molecule has 0 saturated carbocycles. The van der Waals surface area contributed by atoms with Gasteiger partial charge in [0.05, 0.1) is 0 Å². The lowest BCUT2D eigenvalue weighted by atomic mass is 10.7. The second kappa shape index (κ2) is 3.90. The summed E-state index contributed by atoms with van der Waals surface area (Å²) in [6.07, 6.45) is 2.05. The van der Waals surface area contributed by atoms with Crippen LogP contribution in [-0.2, 0) is 12.3 Å². The molecule has 1 aromatic rings. The van der Waals surface area contributed by atoms with E-state index in [2.05, 4.69) is 10.2 Å². The van der Waals surface area contributed by atoms with Crippen LogP contribution in [0.3, 0.4) is 0 Å². The molecule has 0 aromatic carbocycles. The first-order chi connectivity index (χ1) is 4.86. The molecule has 0 fully saturated rings. The first-order valence-electron chi connectivity index (χ1n) is 2.87. The molecule has 10 heavy (non-hydrogen) atoms. The average Bonchev–Trinajstić information content (AvgIpc) is 2.37. The highest BCUT2D eigenvalue weighted by Crippen LogP contribution is 2.13. The third-order valence-corrected chi connectivity index (χ3v) is 2.64. The summed E-state index contributed by atoms with van der Waals surface area (Å²) in [5, 5.41) is 9.81. The highest BCUT2D eigenvalue weighted by atomic mass is 32.2. The standard InChI is InChI=1S/C5H9N3S2/c1-9-3-5-8-7-4(2-6)10-5/h2-3,6H2,1H3. The zero-order valence-electron chi connectivity index (χ0n) is 5.70. The van der Waals surface area contributed by atoms with E-state index in [1.165, 1.54) is 0 Å². The fourth-order valence-corrected chi connectivity index (χ4v) is 1.97. The molecule has 3 nitrogen and oxygen atoms in total. The van der Waals surface area contributed by atoms with Gasteiger partial charge in [-0.25, -0.2) is 0 Å². The minimum absolute atomic E-state index is 0.506. The lowest BCUT2D eigenvalue weighted by Crippen LogP contribution is -1.94. The Labute approximate surface area is 68.0 Å². The summed E-state index contributed by atoms with van der Waals surface area (Å²) in [6, 6.07) is 0. The first kappa shape index (κ1) is 7.97. The number of aromatic nitrogens is 2. The second-order valence-electron chi connectivity index (χ2n) is 1.73. The summed E-state index contributed by atoms with van der Waals surface area (Å²) < 4.78 is 0. The van der Waals surface area contributed by atoms with Crippen molar-refractivity contribution >= 4 is 23.1 Å². The number of hydrogen-bond acceptors (Lipinski definition) is 5. The van der Waals surface area contributed by atoms with E-state index < -0.39 is 0 Å². The topological polar surface area (TPSA) is 51.8 Å². The Morgan fingerprint density at radius 2 is 2.20 bits per heavy atom. The van der Waals surface area contributed by atoms with Gasteiger partial charge in [0.15, 0.2) is 0 Å². The fourth-order valence-electron chi connectivity index (χ4n) is 0.553. The third-order valence-electron chi connectivity index (χ3n) is 0.951. The summed E-state index contributed by atoms with van der Waals surface area (Å²) in [7, 11) is 0. The van der Waals surface area contributed by atoms with Crippen LogP contribution in [0.25, 0.3) is 0 Å². The average molecular weight is 175 g/mol. The Bertz CT molecular complexity index is 199. The molecule has 0 aliphatic rings. The van der Waals surface area contributed by atoms with Crippen molar-refractivity contribution in [2.24, 2.45) is 5.73 Å². The Morgan fingerprint density at radius 1 is 1.50 bits per heavy atom. The Kier molecular flexibility index (Phi) is 3.11. The van der Waals surface area contributed by atoms with Crippen molar-refractivity contribution in [2.45, 2.75) is 12.3 Å². The van der Waals surface area contributed by atoms with Gasteiger partial charge in [-0.1, -0.05) is 11.3 Å². The van der Waals surface area contributed by atoms with Crippen LogP contribution in [-0.4, -0.2) is 16.5 Å². The van der Waals surface area contributed by atoms with E-state index in [0.717, 1.165) is 15.8 Å². The normalized spacial score (nSPS) is 10.2.